The Hall–Kier alpha value is -0.820. The summed E-state index contributed by atoms with van der Waals surface area (Å²) < 4.78 is 0. The molecule has 1 nitrogen and oxygen atoms in total. The fourth-order valence-corrected chi connectivity index (χ4v) is 2.54. The number of hydrogen-bond acceptors (Lipinski definition) is 1. The Morgan fingerprint density at radius 2 is 1.79 bits per heavy atom. The predicted octanol–water partition coefficient (Wildman–Crippen LogP) is 2.77. The Morgan fingerprint density at radius 1 is 1.14 bits per heavy atom. The summed E-state index contributed by atoms with van der Waals surface area (Å²) in [5.74, 6) is 0.716. The molecule has 0 spiro atoms. The Kier molecular flexibility index (Phi) is 2.60. The third-order valence-electron chi connectivity index (χ3n) is 3.20. The Morgan fingerprint density at radius 3 is 2.29 bits per heavy atom. The molecule has 0 aromatic heterocycles. The summed E-state index contributed by atoms with van der Waals surface area (Å²) in [5, 5.41) is 3.51. The maximum atomic E-state index is 3.51. The summed E-state index contributed by atoms with van der Waals surface area (Å²) >= 11 is 0. The van der Waals surface area contributed by atoms with Crippen LogP contribution in [0.4, 0.5) is 0 Å². The van der Waals surface area contributed by atoms with Crippen LogP contribution >= 0.6 is 0 Å². The van der Waals surface area contributed by atoms with Crippen LogP contribution in [0.1, 0.15) is 36.0 Å². The van der Waals surface area contributed by atoms with Crippen molar-refractivity contribution in [1.29, 1.82) is 0 Å². The lowest BCUT2D eigenvalue weighted by Crippen LogP contribution is -2.21. The van der Waals surface area contributed by atoms with Crippen molar-refractivity contribution >= 4 is 0 Å². The fourth-order valence-electron chi connectivity index (χ4n) is 2.54. The van der Waals surface area contributed by atoms with Crippen molar-refractivity contribution < 1.29 is 0 Å². The van der Waals surface area contributed by atoms with Gasteiger partial charge in [-0.3, -0.25) is 0 Å². The largest absolute Gasteiger partial charge is 0.314 e. The van der Waals surface area contributed by atoms with E-state index < -0.39 is 0 Å². The highest BCUT2D eigenvalue weighted by Gasteiger charge is 2.24. The van der Waals surface area contributed by atoms with Gasteiger partial charge in [-0.1, -0.05) is 29.3 Å². The molecular weight excluding hydrogens is 170 g/mol. The Bertz CT molecular complexity index is 310. The van der Waals surface area contributed by atoms with Crippen LogP contribution in [0.3, 0.4) is 0 Å². The third-order valence-corrected chi connectivity index (χ3v) is 3.20. The average molecular weight is 189 g/mol. The quantitative estimate of drug-likeness (QED) is 0.716. The summed E-state index contributed by atoms with van der Waals surface area (Å²) in [6.07, 6.45) is 1.28. The van der Waals surface area contributed by atoms with Crippen LogP contribution in [-0.2, 0) is 0 Å². The molecule has 14 heavy (non-hydrogen) atoms. The van der Waals surface area contributed by atoms with Crippen molar-refractivity contribution in [3.63, 3.8) is 0 Å². The molecule has 1 heterocycles. The van der Waals surface area contributed by atoms with Crippen LogP contribution in [0.5, 0.6) is 0 Å². The summed E-state index contributed by atoms with van der Waals surface area (Å²) in [4.78, 5) is 0. The van der Waals surface area contributed by atoms with Gasteiger partial charge in [0.25, 0.3) is 0 Å². The molecule has 0 bridgehead atoms. The van der Waals surface area contributed by atoms with Crippen LogP contribution in [0, 0.1) is 13.8 Å². The lowest BCUT2D eigenvalue weighted by molar-refractivity contribution is 0.594. The maximum Gasteiger partial charge on any atom is 0.0108 e. The maximum absolute atomic E-state index is 3.51. The topological polar surface area (TPSA) is 12.0 Å². The molecular formula is C13H19N. The van der Waals surface area contributed by atoms with Crippen LogP contribution in [-0.4, -0.2) is 12.6 Å². The summed E-state index contributed by atoms with van der Waals surface area (Å²) in [6.45, 7) is 7.82. The van der Waals surface area contributed by atoms with Crippen LogP contribution in [0.15, 0.2) is 18.2 Å². The van der Waals surface area contributed by atoms with E-state index in [1.807, 2.05) is 0 Å². The second kappa shape index (κ2) is 3.74. The fraction of sp³-hybridized carbons (Fsp3) is 0.538. The van der Waals surface area contributed by atoms with Gasteiger partial charge in [0.2, 0.25) is 0 Å². The third kappa shape index (κ3) is 1.83. The van der Waals surface area contributed by atoms with Gasteiger partial charge in [-0.15, -0.1) is 0 Å². The lowest BCUT2D eigenvalue weighted by atomic mass is 9.91. The van der Waals surface area contributed by atoms with Gasteiger partial charge < -0.3 is 5.32 Å². The monoisotopic (exact) mass is 189 g/mol. The predicted molar refractivity (Wildman–Crippen MR) is 60.7 cm³/mol. The minimum atomic E-state index is 0.635. The molecule has 1 heteroatoms. The molecule has 1 aliphatic rings. The van der Waals surface area contributed by atoms with E-state index in [1.165, 1.54) is 29.7 Å². The zero-order chi connectivity index (χ0) is 10.1. The lowest BCUT2D eigenvalue weighted by Gasteiger charge is -2.16. The highest BCUT2D eigenvalue weighted by molar-refractivity contribution is 5.32. The van der Waals surface area contributed by atoms with Gasteiger partial charge in [-0.25, -0.2) is 0 Å². The van der Waals surface area contributed by atoms with E-state index in [4.69, 9.17) is 0 Å². The first kappa shape index (κ1) is 9.72. The van der Waals surface area contributed by atoms with E-state index in [1.54, 1.807) is 0 Å². The Balaban J connectivity index is 2.31. The van der Waals surface area contributed by atoms with Crippen molar-refractivity contribution in [2.45, 2.75) is 39.2 Å². The van der Waals surface area contributed by atoms with E-state index in [-0.39, 0.29) is 0 Å². The summed E-state index contributed by atoms with van der Waals surface area (Å²) in [6, 6.07) is 7.55. The molecule has 0 saturated carbocycles. The molecule has 1 aromatic carbocycles. The van der Waals surface area contributed by atoms with Gasteiger partial charge >= 0.3 is 0 Å². The standard InChI is InChI=1S/C13H19N/c1-9-6-10(2)8-12(7-9)13-4-5-14-11(13)3/h6-8,11,13-14H,4-5H2,1-3H3. The normalized spacial score (nSPS) is 26.8. The number of benzene rings is 1. The highest BCUT2D eigenvalue weighted by atomic mass is 14.9. The van der Waals surface area contributed by atoms with Crippen LogP contribution in [0.2, 0.25) is 0 Å². The molecule has 1 aliphatic heterocycles. The van der Waals surface area contributed by atoms with Gasteiger partial charge in [0.15, 0.2) is 0 Å². The first-order valence-corrected chi connectivity index (χ1v) is 5.48. The van der Waals surface area contributed by atoms with Crippen LogP contribution in [0.25, 0.3) is 0 Å². The van der Waals surface area contributed by atoms with Gasteiger partial charge in [0, 0.05) is 12.0 Å². The first-order valence-electron chi connectivity index (χ1n) is 5.48. The molecule has 1 fully saturated rings. The molecule has 76 valence electrons. The number of rotatable bonds is 1. The molecule has 0 amide bonds. The zero-order valence-corrected chi connectivity index (χ0v) is 9.30. The smallest absolute Gasteiger partial charge is 0.0108 e. The van der Waals surface area contributed by atoms with E-state index in [9.17, 15) is 0 Å². The number of hydrogen-bond donors (Lipinski definition) is 1. The second-order valence-corrected chi connectivity index (χ2v) is 4.56. The van der Waals surface area contributed by atoms with Crippen molar-refractivity contribution in [3.05, 3.63) is 34.9 Å². The molecule has 2 rings (SSSR count). The molecule has 1 aromatic rings. The van der Waals surface area contributed by atoms with E-state index >= 15 is 0 Å². The molecule has 2 unspecified atom stereocenters. The van der Waals surface area contributed by atoms with Crippen molar-refractivity contribution in [3.8, 4) is 0 Å². The molecule has 2 atom stereocenters. The molecule has 0 aliphatic carbocycles. The van der Waals surface area contributed by atoms with E-state index in [0.29, 0.717) is 12.0 Å². The number of nitrogens with one attached hydrogen (secondary N) is 1. The first-order chi connectivity index (χ1) is 6.66. The molecule has 1 saturated heterocycles. The minimum absolute atomic E-state index is 0.635. The summed E-state index contributed by atoms with van der Waals surface area (Å²) in [7, 11) is 0. The van der Waals surface area contributed by atoms with Crippen LogP contribution < -0.4 is 5.32 Å². The number of aryl methyl sites for hydroxylation is 2. The average Bonchev–Trinajstić information content (AvgIpc) is 2.49. The zero-order valence-electron chi connectivity index (χ0n) is 9.30. The Labute approximate surface area is 86.5 Å². The SMILES string of the molecule is Cc1cc(C)cc(C2CCNC2C)c1. The van der Waals surface area contributed by atoms with Crippen molar-refractivity contribution in [1.82, 2.24) is 5.32 Å². The van der Waals surface area contributed by atoms with Gasteiger partial charge in [0.05, 0.1) is 0 Å². The highest BCUT2D eigenvalue weighted by Crippen LogP contribution is 2.28. The molecule has 0 radical (unpaired) electrons. The second-order valence-electron chi connectivity index (χ2n) is 4.56. The minimum Gasteiger partial charge on any atom is -0.314 e. The van der Waals surface area contributed by atoms with E-state index in [2.05, 4.69) is 44.3 Å². The molecule has 1 N–H and O–H groups in total. The van der Waals surface area contributed by atoms with Gasteiger partial charge in [0.1, 0.15) is 0 Å². The van der Waals surface area contributed by atoms with Gasteiger partial charge in [-0.2, -0.15) is 0 Å². The van der Waals surface area contributed by atoms with Gasteiger partial charge in [-0.05, 0) is 39.3 Å². The van der Waals surface area contributed by atoms with Crippen molar-refractivity contribution in [2.75, 3.05) is 6.54 Å². The van der Waals surface area contributed by atoms with E-state index in [0.717, 1.165) is 0 Å². The summed E-state index contributed by atoms with van der Waals surface area (Å²) in [5.41, 5.74) is 4.29. The van der Waals surface area contributed by atoms with Crippen molar-refractivity contribution in [2.24, 2.45) is 0 Å².